The van der Waals surface area contributed by atoms with Crippen molar-refractivity contribution in [3.05, 3.63) is 51.3 Å². The monoisotopic (exact) mass is 678 g/mol. The number of carbonyl (C=O) groups excluding carboxylic acids is 5. The zero-order chi connectivity index (χ0) is 32.1. The summed E-state index contributed by atoms with van der Waals surface area (Å²) in [7, 11) is 0. The third-order valence-corrected chi connectivity index (χ3v) is 8.25. The smallest absolute Gasteiger partial charge is 0.303 e. The van der Waals surface area contributed by atoms with Gasteiger partial charge in [-0.2, -0.15) is 5.10 Å². The van der Waals surface area contributed by atoms with Crippen molar-refractivity contribution in [2.24, 2.45) is 0 Å². The van der Waals surface area contributed by atoms with Gasteiger partial charge in [-0.25, -0.2) is 0 Å². The van der Waals surface area contributed by atoms with Crippen LogP contribution in [-0.4, -0.2) is 101 Å². The molecule has 4 rings (SSSR count). The normalized spacial score (nSPS) is 23.4. The van der Waals surface area contributed by atoms with Crippen LogP contribution in [0.25, 0.3) is 0 Å². The number of nitrogens with one attached hydrogen (secondary N) is 1. The van der Waals surface area contributed by atoms with Crippen molar-refractivity contribution in [3.63, 3.8) is 0 Å². The summed E-state index contributed by atoms with van der Waals surface area (Å²) < 4.78 is 30.5. The molecule has 0 radical (unpaired) electrons. The van der Waals surface area contributed by atoms with Crippen molar-refractivity contribution in [3.8, 4) is 0 Å². The minimum atomic E-state index is -1.51. The van der Waals surface area contributed by atoms with E-state index >= 15 is 0 Å². The summed E-state index contributed by atoms with van der Waals surface area (Å²) in [5.41, 5.74) is 2.78. The molecule has 1 N–H and O–H groups in total. The highest BCUT2D eigenvalue weighted by Gasteiger charge is 2.55. The number of morpholine rings is 1. The number of benzene rings is 1. The van der Waals surface area contributed by atoms with E-state index in [-0.39, 0.29) is 31.9 Å². The lowest BCUT2D eigenvalue weighted by Crippen LogP contribution is -2.68. The minimum absolute atomic E-state index is 0.243. The Morgan fingerprint density at radius 1 is 0.955 bits per heavy atom. The molecule has 44 heavy (non-hydrogen) atoms. The lowest BCUT2D eigenvalue weighted by molar-refractivity contribution is -0.249. The molecule has 2 amide bonds. The number of ether oxygens (including phenoxy) is 5. The highest BCUT2D eigenvalue weighted by molar-refractivity contribution is 9.10. The first-order valence-electron chi connectivity index (χ1n) is 14.0. The standard InChI is InChI=1S/C29H35BrN4O10/c1-15-22(30)16(2)34(32-15)14-20-7-6-8-21(13-20)27(38)31-28-25(43-19(5)37)23(41-17(3)35)24(42-18(4)36)26(44-28)29(39)33-9-11-40-12-10-33/h6-8,13,23-26,28H,9-12,14H2,1-5H3,(H,31,38). The average molecular weight is 680 g/mol. The quantitative estimate of drug-likeness (QED) is 0.317. The molecule has 1 aromatic heterocycles. The fourth-order valence-corrected chi connectivity index (χ4v) is 5.40. The van der Waals surface area contributed by atoms with E-state index in [0.717, 1.165) is 42.2 Å². The Kier molecular flexibility index (Phi) is 10.8. The molecule has 3 heterocycles. The molecule has 2 aliphatic heterocycles. The second-order valence-corrected chi connectivity index (χ2v) is 11.2. The van der Waals surface area contributed by atoms with Gasteiger partial charge in [0.05, 0.1) is 35.6 Å². The molecule has 5 atom stereocenters. The van der Waals surface area contributed by atoms with E-state index in [0.29, 0.717) is 6.54 Å². The molecule has 2 aromatic rings. The van der Waals surface area contributed by atoms with Gasteiger partial charge >= 0.3 is 17.9 Å². The maximum Gasteiger partial charge on any atom is 0.303 e. The molecule has 5 unspecified atom stereocenters. The van der Waals surface area contributed by atoms with E-state index in [1.807, 2.05) is 19.9 Å². The molecule has 0 aliphatic carbocycles. The molecule has 2 aliphatic rings. The SMILES string of the molecule is CC(=O)OC1C(NC(=O)c2cccc(Cn3nc(C)c(Br)c3C)c2)OC(C(=O)N2CCOCC2)C(OC(C)=O)C1OC(C)=O. The van der Waals surface area contributed by atoms with Crippen LogP contribution in [0.4, 0.5) is 0 Å². The Hall–Kier alpha value is -3.82. The third-order valence-electron chi connectivity index (χ3n) is 7.10. The molecule has 0 saturated carbocycles. The summed E-state index contributed by atoms with van der Waals surface area (Å²) in [5, 5.41) is 7.19. The fraction of sp³-hybridized carbons (Fsp3) is 0.517. The summed E-state index contributed by atoms with van der Waals surface area (Å²) in [6, 6.07) is 6.81. The summed E-state index contributed by atoms with van der Waals surface area (Å²) in [6.45, 7) is 8.61. The van der Waals surface area contributed by atoms with Crippen molar-refractivity contribution in [1.29, 1.82) is 0 Å². The third kappa shape index (κ3) is 7.81. The summed E-state index contributed by atoms with van der Waals surface area (Å²) >= 11 is 3.52. The number of aryl methyl sites for hydroxylation is 1. The number of carbonyl (C=O) groups is 5. The zero-order valence-corrected chi connectivity index (χ0v) is 26.6. The Bertz CT molecular complexity index is 1420. The number of nitrogens with zero attached hydrogens (tertiary/aromatic N) is 3. The molecule has 14 nitrogen and oxygen atoms in total. The van der Waals surface area contributed by atoms with Gasteiger partial charge in [-0.3, -0.25) is 28.7 Å². The predicted octanol–water partition coefficient (Wildman–Crippen LogP) is 1.42. The van der Waals surface area contributed by atoms with Crippen LogP contribution >= 0.6 is 15.9 Å². The topological polar surface area (TPSA) is 165 Å². The first-order valence-corrected chi connectivity index (χ1v) is 14.8. The maximum atomic E-state index is 13.7. The van der Waals surface area contributed by atoms with Crippen LogP contribution in [0, 0.1) is 13.8 Å². The van der Waals surface area contributed by atoms with Gasteiger partial charge in [-0.1, -0.05) is 12.1 Å². The minimum Gasteiger partial charge on any atom is -0.455 e. The largest absolute Gasteiger partial charge is 0.455 e. The van der Waals surface area contributed by atoms with Gasteiger partial charge in [0.15, 0.2) is 30.6 Å². The lowest BCUT2D eigenvalue weighted by atomic mass is 9.95. The van der Waals surface area contributed by atoms with E-state index < -0.39 is 60.4 Å². The predicted molar refractivity (Wildman–Crippen MR) is 155 cm³/mol. The van der Waals surface area contributed by atoms with Gasteiger partial charge in [-0.15, -0.1) is 0 Å². The molecule has 0 bridgehead atoms. The Labute approximate surface area is 262 Å². The molecule has 238 valence electrons. The Balaban J connectivity index is 1.65. The Morgan fingerprint density at radius 2 is 1.57 bits per heavy atom. The van der Waals surface area contributed by atoms with E-state index in [4.69, 9.17) is 23.7 Å². The molecular weight excluding hydrogens is 644 g/mol. The van der Waals surface area contributed by atoms with Crippen molar-refractivity contribution in [1.82, 2.24) is 20.0 Å². The lowest BCUT2D eigenvalue weighted by Gasteiger charge is -2.45. The first kappa shape index (κ1) is 33.1. The van der Waals surface area contributed by atoms with E-state index in [2.05, 4.69) is 26.3 Å². The summed E-state index contributed by atoms with van der Waals surface area (Å²) in [5.74, 6) is -3.56. The van der Waals surface area contributed by atoms with E-state index in [1.165, 1.54) is 4.90 Å². The zero-order valence-electron chi connectivity index (χ0n) is 25.0. The maximum absolute atomic E-state index is 13.7. The van der Waals surface area contributed by atoms with Gasteiger partial charge in [0.2, 0.25) is 0 Å². The van der Waals surface area contributed by atoms with Crippen LogP contribution in [0.3, 0.4) is 0 Å². The number of halogens is 1. The second-order valence-electron chi connectivity index (χ2n) is 10.5. The average Bonchev–Trinajstić information content (AvgIpc) is 3.21. The highest BCUT2D eigenvalue weighted by Crippen LogP contribution is 2.30. The molecular formula is C29H35BrN4O10. The van der Waals surface area contributed by atoms with Gasteiger partial charge in [0.1, 0.15) is 0 Å². The van der Waals surface area contributed by atoms with Crippen LogP contribution in [0.5, 0.6) is 0 Å². The number of aromatic nitrogens is 2. The van der Waals surface area contributed by atoms with Crippen LogP contribution in [0.1, 0.15) is 48.1 Å². The van der Waals surface area contributed by atoms with Gasteiger partial charge in [0.25, 0.3) is 11.8 Å². The van der Waals surface area contributed by atoms with Crippen molar-refractivity contribution in [2.75, 3.05) is 26.3 Å². The van der Waals surface area contributed by atoms with Gasteiger partial charge in [-0.05, 0) is 47.5 Å². The Morgan fingerprint density at radius 3 is 2.16 bits per heavy atom. The van der Waals surface area contributed by atoms with Crippen molar-refractivity contribution < 1.29 is 47.7 Å². The van der Waals surface area contributed by atoms with Gasteiger partial charge in [0, 0.05) is 39.4 Å². The first-order chi connectivity index (χ1) is 20.8. The van der Waals surface area contributed by atoms with Crippen LogP contribution < -0.4 is 5.32 Å². The number of hydrogen-bond donors (Lipinski definition) is 1. The number of esters is 3. The molecule has 2 saturated heterocycles. The molecule has 1 aromatic carbocycles. The number of rotatable bonds is 8. The van der Waals surface area contributed by atoms with Crippen LogP contribution in [0.2, 0.25) is 0 Å². The summed E-state index contributed by atoms with van der Waals surface area (Å²) in [6.07, 6.45) is -7.39. The molecule has 15 heteroatoms. The molecule has 2 fully saturated rings. The number of amides is 2. The second kappa shape index (κ2) is 14.3. The molecule has 0 spiro atoms. The number of hydrogen-bond acceptors (Lipinski definition) is 11. The van der Waals surface area contributed by atoms with Gasteiger partial charge < -0.3 is 33.9 Å². The van der Waals surface area contributed by atoms with Crippen molar-refractivity contribution >= 4 is 45.7 Å². The van der Waals surface area contributed by atoms with E-state index in [9.17, 15) is 24.0 Å². The van der Waals surface area contributed by atoms with E-state index in [1.54, 1.807) is 22.9 Å². The van der Waals surface area contributed by atoms with Crippen LogP contribution in [0.15, 0.2) is 28.7 Å². The van der Waals surface area contributed by atoms with Crippen LogP contribution in [-0.2, 0) is 49.4 Å². The highest BCUT2D eigenvalue weighted by atomic mass is 79.9. The summed E-state index contributed by atoms with van der Waals surface area (Å²) in [4.78, 5) is 65.2. The van der Waals surface area contributed by atoms with Crippen molar-refractivity contribution in [2.45, 2.75) is 71.8 Å². The fourth-order valence-electron chi connectivity index (χ4n) is 5.12.